The predicted molar refractivity (Wildman–Crippen MR) is 102 cm³/mol. The molecule has 27 heavy (non-hydrogen) atoms. The highest BCUT2D eigenvalue weighted by Crippen LogP contribution is 2.42. The van der Waals surface area contributed by atoms with Crippen molar-refractivity contribution in [2.75, 3.05) is 0 Å². The molecule has 0 aliphatic heterocycles. The van der Waals surface area contributed by atoms with E-state index in [1.165, 1.54) is 12.1 Å². The molecule has 7 nitrogen and oxygen atoms in total. The van der Waals surface area contributed by atoms with Crippen LogP contribution in [-0.4, -0.2) is 25.2 Å². The molecule has 3 aromatic carbocycles. The fourth-order valence-electron chi connectivity index (χ4n) is 4.07. The summed E-state index contributed by atoms with van der Waals surface area (Å²) in [4.78, 5) is 36.6. The Bertz CT molecular complexity index is 1560. The molecule has 6 rings (SSSR count). The molecule has 0 saturated heterocycles. The van der Waals surface area contributed by atoms with E-state index in [4.69, 9.17) is 0 Å². The van der Waals surface area contributed by atoms with Gasteiger partial charge < -0.3 is 10.2 Å². The van der Waals surface area contributed by atoms with E-state index < -0.39 is 11.1 Å². The minimum atomic E-state index is -0.506. The third kappa shape index (κ3) is 1.52. The summed E-state index contributed by atoms with van der Waals surface area (Å²) >= 11 is 0. The SMILES string of the molecule is O=c1[nH]c(=O)c2c1c1c3cccc(O)c3nc1c1nc3c(O)cccc3c12. The van der Waals surface area contributed by atoms with E-state index in [0.717, 1.165) is 0 Å². The van der Waals surface area contributed by atoms with Gasteiger partial charge in [0.25, 0.3) is 11.1 Å². The van der Waals surface area contributed by atoms with Crippen LogP contribution in [0.25, 0.3) is 54.4 Å². The summed E-state index contributed by atoms with van der Waals surface area (Å²) < 4.78 is 0. The maximum absolute atomic E-state index is 12.6. The van der Waals surface area contributed by atoms with Crippen molar-refractivity contribution >= 4 is 54.4 Å². The number of hydrogen-bond acceptors (Lipinski definition) is 6. The number of rotatable bonds is 0. The van der Waals surface area contributed by atoms with Crippen molar-refractivity contribution in [3.8, 4) is 11.5 Å². The Hall–Kier alpha value is -4.00. The molecule has 0 spiro atoms. The lowest BCUT2D eigenvalue weighted by molar-refractivity contribution is 0.480. The summed E-state index contributed by atoms with van der Waals surface area (Å²) in [5.74, 6) is -0.0384. The van der Waals surface area contributed by atoms with Gasteiger partial charge in [-0.15, -0.1) is 0 Å². The van der Waals surface area contributed by atoms with Crippen molar-refractivity contribution < 1.29 is 10.2 Å². The molecule has 0 radical (unpaired) electrons. The van der Waals surface area contributed by atoms with Crippen LogP contribution in [0.5, 0.6) is 11.5 Å². The van der Waals surface area contributed by atoms with Gasteiger partial charge >= 0.3 is 0 Å². The minimum Gasteiger partial charge on any atom is -0.506 e. The van der Waals surface area contributed by atoms with Gasteiger partial charge in [0, 0.05) is 21.5 Å². The molecule has 0 atom stereocenters. The molecule has 0 fully saturated rings. The quantitative estimate of drug-likeness (QED) is 0.386. The lowest BCUT2D eigenvalue weighted by atomic mass is 10.0. The number of nitrogens with zero attached hydrogens (tertiary/aromatic N) is 2. The molecule has 0 amide bonds. The number of benzene rings is 3. The van der Waals surface area contributed by atoms with Crippen LogP contribution >= 0.6 is 0 Å². The smallest absolute Gasteiger partial charge is 0.259 e. The first kappa shape index (κ1) is 14.2. The molecule has 0 saturated carbocycles. The van der Waals surface area contributed by atoms with Gasteiger partial charge in [-0.05, 0) is 12.1 Å². The Kier molecular flexibility index (Phi) is 2.31. The molecule has 3 heterocycles. The van der Waals surface area contributed by atoms with E-state index in [-0.39, 0.29) is 22.3 Å². The summed E-state index contributed by atoms with van der Waals surface area (Å²) in [6.07, 6.45) is 0. The summed E-state index contributed by atoms with van der Waals surface area (Å²) in [5, 5.41) is 23.0. The van der Waals surface area contributed by atoms with Crippen LogP contribution in [0.4, 0.5) is 0 Å². The number of nitrogens with one attached hydrogen (secondary N) is 1. The first-order chi connectivity index (χ1) is 13.1. The topological polar surface area (TPSA) is 116 Å². The van der Waals surface area contributed by atoms with Crippen molar-refractivity contribution in [1.82, 2.24) is 15.0 Å². The fraction of sp³-hybridized carbons (Fsp3) is 0. The van der Waals surface area contributed by atoms with E-state index in [1.807, 2.05) is 0 Å². The maximum Gasteiger partial charge on any atom is 0.259 e. The highest BCUT2D eigenvalue weighted by atomic mass is 16.3. The van der Waals surface area contributed by atoms with E-state index in [2.05, 4.69) is 15.0 Å². The zero-order chi connectivity index (χ0) is 18.4. The first-order valence-electron chi connectivity index (χ1n) is 8.24. The second-order valence-electron chi connectivity index (χ2n) is 6.55. The Labute approximate surface area is 148 Å². The highest BCUT2D eigenvalue weighted by Gasteiger charge is 2.24. The van der Waals surface area contributed by atoms with E-state index in [9.17, 15) is 19.8 Å². The second kappa shape index (κ2) is 4.39. The molecular formula is C20H9N3O4. The third-order valence-corrected chi connectivity index (χ3v) is 5.14. The molecule has 3 N–H and O–H groups in total. The van der Waals surface area contributed by atoms with Gasteiger partial charge in [-0.2, -0.15) is 0 Å². The first-order valence-corrected chi connectivity index (χ1v) is 8.24. The van der Waals surface area contributed by atoms with Crippen molar-refractivity contribution in [1.29, 1.82) is 0 Å². The monoisotopic (exact) mass is 355 g/mol. The zero-order valence-corrected chi connectivity index (χ0v) is 13.6. The van der Waals surface area contributed by atoms with Crippen molar-refractivity contribution in [3.05, 3.63) is 57.1 Å². The lowest BCUT2D eigenvalue weighted by Crippen LogP contribution is -2.05. The van der Waals surface area contributed by atoms with Crippen molar-refractivity contribution in [2.45, 2.75) is 0 Å². The number of aromatic amines is 1. The number of H-pyrrole nitrogens is 1. The largest absolute Gasteiger partial charge is 0.506 e. The van der Waals surface area contributed by atoms with Crippen LogP contribution in [0.15, 0.2) is 46.0 Å². The van der Waals surface area contributed by atoms with E-state index in [0.29, 0.717) is 43.6 Å². The summed E-state index contributed by atoms with van der Waals surface area (Å²) in [6.45, 7) is 0. The van der Waals surface area contributed by atoms with Gasteiger partial charge in [0.15, 0.2) is 0 Å². The zero-order valence-electron chi connectivity index (χ0n) is 13.6. The normalized spacial score (nSPS) is 12.3. The van der Waals surface area contributed by atoms with Crippen LogP contribution in [-0.2, 0) is 0 Å². The average molecular weight is 355 g/mol. The van der Waals surface area contributed by atoms with E-state index >= 15 is 0 Å². The van der Waals surface area contributed by atoms with Gasteiger partial charge in [-0.3, -0.25) is 14.6 Å². The number of fused-ring (bicyclic) bond motifs is 10. The van der Waals surface area contributed by atoms with Crippen molar-refractivity contribution in [2.24, 2.45) is 0 Å². The van der Waals surface area contributed by atoms with Crippen LogP contribution in [0.1, 0.15) is 0 Å². The summed E-state index contributed by atoms with van der Waals surface area (Å²) in [6, 6.07) is 9.82. The minimum absolute atomic E-state index is 0.0192. The Morgan fingerprint density at radius 3 is 1.52 bits per heavy atom. The number of phenolic OH excluding ortho intramolecular Hbond substituents is 2. The van der Waals surface area contributed by atoms with Crippen LogP contribution in [0.2, 0.25) is 0 Å². The van der Waals surface area contributed by atoms with Gasteiger partial charge in [-0.1, -0.05) is 24.3 Å². The van der Waals surface area contributed by atoms with Crippen LogP contribution in [0.3, 0.4) is 0 Å². The number of aromatic hydroxyl groups is 2. The summed E-state index contributed by atoms with van der Waals surface area (Å²) in [7, 11) is 0. The molecule has 7 heteroatoms. The molecule has 6 aromatic rings. The fourth-order valence-corrected chi connectivity index (χ4v) is 4.07. The average Bonchev–Trinajstić information content (AvgIpc) is 3.28. The van der Waals surface area contributed by atoms with Crippen LogP contribution < -0.4 is 11.1 Å². The third-order valence-electron chi connectivity index (χ3n) is 5.14. The number of para-hydroxylation sites is 2. The molecule has 0 aliphatic rings. The molecule has 128 valence electrons. The van der Waals surface area contributed by atoms with Gasteiger partial charge in [-0.25, -0.2) is 9.97 Å². The van der Waals surface area contributed by atoms with Gasteiger partial charge in [0.05, 0.1) is 21.8 Å². The highest BCUT2D eigenvalue weighted by molar-refractivity contribution is 6.35. The molecular weight excluding hydrogens is 346 g/mol. The van der Waals surface area contributed by atoms with Crippen LogP contribution in [0, 0.1) is 0 Å². The van der Waals surface area contributed by atoms with E-state index in [1.54, 1.807) is 24.3 Å². The number of aromatic nitrogens is 3. The lowest BCUT2D eigenvalue weighted by Gasteiger charge is -1.97. The van der Waals surface area contributed by atoms with Gasteiger partial charge in [0.1, 0.15) is 22.5 Å². The number of phenols is 2. The molecule has 3 aromatic heterocycles. The molecule has 0 aliphatic carbocycles. The summed E-state index contributed by atoms with van der Waals surface area (Å²) in [5.41, 5.74) is 0.501. The second-order valence-corrected chi connectivity index (χ2v) is 6.55. The number of hydrogen-bond donors (Lipinski definition) is 3. The Morgan fingerprint density at radius 1 is 0.630 bits per heavy atom. The maximum atomic E-state index is 12.6. The Morgan fingerprint density at radius 2 is 1.07 bits per heavy atom. The van der Waals surface area contributed by atoms with Crippen molar-refractivity contribution in [3.63, 3.8) is 0 Å². The standard InChI is InChI=1S/C20H9N3O4/c24-9-5-1-3-7-11-13-14(20(27)23-19(13)26)12-8-4-2-6-10(25)16(8)22-18(12)17(11)21-15(7)9/h1-6,24-25H,(H,23,26,27). The predicted octanol–water partition coefficient (Wildman–Crippen LogP) is 2.58. The Balaban J connectivity index is 2.12. The van der Waals surface area contributed by atoms with Gasteiger partial charge in [0.2, 0.25) is 0 Å². The molecule has 0 unspecified atom stereocenters. The molecule has 0 bridgehead atoms.